The molecule has 1 N–H and O–H groups in total. The molecule has 0 aromatic heterocycles. The van der Waals surface area contributed by atoms with Gasteiger partial charge in [-0.1, -0.05) is 12.8 Å². The van der Waals surface area contributed by atoms with Crippen LogP contribution in [0.3, 0.4) is 0 Å². The minimum absolute atomic E-state index is 0.0540. The van der Waals surface area contributed by atoms with E-state index in [9.17, 15) is 14.7 Å². The summed E-state index contributed by atoms with van der Waals surface area (Å²) >= 11 is 0. The molecular weight excluding hydrogens is 286 g/mol. The Hall–Kier alpha value is -2.24. The van der Waals surface area contributed by atoms with Gasteiger partial charge in [-0.05, 0) is 36.8 Å². The largest absolute Gasteiger partial charge is 0.550 e. The predicted molar refractivity (Wildman–Crippen MR) is 76.3 cm³/mol. The third-order valence-electron chi connectivity index (χ3n) is 4.38. The number of carbonyl (C=O) groups is 2. The molecule has 0 radical (unpaired) electrons. The second kappa shape index (κ2) is 5.87. The highest BCUT2D eigenvalue weighted by atomic mass is 16.7. The van der Waals surface area contributed by atoms with Crippen molar-refractivity contribution < 1.29 is 24.2 Å². The summed E-state index contributed by atoms with van der Waals surface area (Å²) in [5.41, 5.74) is 0.162. The Morgan fingerprint density at radius 1 is 1.14 bits per heavy atom. The van der Waals surface area contributed by atoms with E-state index in [0.29, 0.717) is 17.2 Å². The van der Waals surface area contributed by atoms with Crippen LogP contribution in [0.25, 0.3) is 0 Å². The molecule has 1 aliphatic heterocycles. The second-order valence-electron chi connectivity index (χ2n) is 6.05. The fourth-order valence-corrected chi connectivity index (χ4v) is 3.37. The van der Waals surface area contributed by atoms with Gasteiger partial charge < -0.3 is 24.7 Å². The number of ether oxygens (including phenoxy) is 2. The maximum atomic E-state index is 12.3. The van der Waals surface area contributed by atoms with E-state index in [1.54, 1.807) is 18.2 Å². The standard InChI is InChI=1S/C16H19NO5/c18-14(8-16(9-15(19)20)5-1-2-6-16)17-11-3-4-12-13(7-11)22-10-21-12/h3-4,7H,1-2,5-6,8-10H2,(H,17,18)(H,19,20)/p-1. The Labute approximate surface area is 128 Å². The quantitative estimate of drug-likeness (QED) is 0.889. The maximum Gasteiger partial charge on any atom is 0.231 e. The van der Waals surface area contributed by atoms with Gasteiger partial charge >= 0.3 is 0 Å². The van der Waals surface area contributed by atoms with Gasteiger partial charge in [-0.25, -0.2) is 0 Å². The van der Waals surface area contributed by atoms with E-state index < -0.39 is 11.4 Å². The van der Waals surface area contributed by atoms with Crippen molar-refractivity contribution in [3.05, 3.63) is 18.2 Å². The number of rotatable bonds is 5. The summed E-state index contributed by atoms with van der Waals surface area (Å²) in [5.74, 6) is -0.00914. The molecule has 1 aromatic carbocycles. The number of anilines is 1. The van der Waals surface area contributed by atoms with Gasteiger partial charge in [-0.15, -0.1) is 0 Å². The highest BCUT2D eigenvalue weighted by molar-refractivity contribution is 5.91. The molecule has 118 valence electrons. The molecule has 0 spiro atoms. The molecule has 1 saturated carbocycles. The molecule has 0 saturated heterocycles. The van der Waals surface area contributed by atoms with Crippen LogP contribution in [0, 0.1) is 5.41 Å². The summed E-state index contributed by atoms with van der Waals surface area (Å²) < 4.78 is 10.5. The SMILES string of the molecule is O=C([O-])CC1(CC(=O)Nc2ccc3c(c2)OCO3)CCCC1. The molecule has 3 rings (SSSR count). The van der Waals surface area contributed by atoms with Crippen molar-refractivity contribution in [3.63, 3.8) is 0 Å². The third-order valence-corrected chi connectivity index (χ3v) is 4.38. The van der Waals surface area contributed by atoms with Gasteiger partial charge in [-0.3, -0.25) is 4.79 Å². The molecule has 1 aromatic rings. The average Bonchev–Trinajstić information content (AvgIpc) is 3.06. The van der Waals surface area contributed by atoms with Crippen molar-refractivity contribution in [1.29, 1.82) is 0 Å². The van der Waals surface area contributed by atoms with Crippen molar-refractivity contribution in [2.45, 2.75) is 38.5 Å². The van der Waals surface area contributed by atoms with Crippen molar-refractivity contribution in [1.82, 2.24) is 0 Å². The molecule has 6 nitrogen and oxygen atoms in total. The number of amides is 1. The van der Waals surface area contributed by atoms with Gasteiger partial charge in [0.25, 0.3) is 0 Å². The molecule has 1 amide bonds. The highest BCUT2D eigenvalue weighted by Crippen LogP contribution is 2.44. The number of carboxylic acids is 1. The van der Waals surface area contributed by atoms with Gasteiger partial charge in [-0.2, -0.15) is 0 Å². The molecular formula is C16H18NO5-. The highest BCUT2D eigenvalue weighted by Gasteiger charge is 2.36. The van der Waals surface area contributed by atoms with Crippen LogP contribution in [-0.4, -0.2) is 18.7 Å². The van der Waals surface area contributed by atoms with E-state index in [1.807, 2.05) is 0 Å². The van der Waals surface area contributed by atoms with Crippen molar-refractivity contribution in [3.8, 4) is 11.5 Å². The molecule has 6 heteroatoms. The molecule has 1 aliphatic carbocycles. The Kier molecular flexibility index (Phi) is 3.92. The first-order chi connectivity index (χ1) is 10.6. The first-order valence-corrected chi connectivity index (χ1v) is 7.46. The zero-order chi connectivity index (χ0) is 15.6. The maximum absolute atomic E-state index is 12.3. The lowest BCUT2D eigenvalue weighted by atomic mass is 9.79. The monoisotopic (exact) mass is 304 g/mol. The van der Waals surface area contributed by atoms with E-state index in [0.717, 1.165) is 25.7 Å². The summed E-state index contributed by atoms with van der Waals surface area (Å²) in [6, 6.07) is 5.19. The molecule has 0 unspecified atom stereocenters. The molecule has 0 atom stereocenters. The lowest BCUT2D eigenvalue weighted by Gasteiger charge is -2.28. The number of aliphatic carboxylic acids is 1. The Bertz CT molecular complexity index is 592. The molecule has 1 fully saturated rings. The fourth-order valence-electron chi connectivity index (χ4n) is 3.37. The first-order valence-electron chi connectivity index (χ1n) is 7.46. The minimum atomic E-state index is -1.09. The zero-order valence-electron chi connectivity index (χ0n) is 12.2. The smallest absolute Gasteiger partial charge is 0.231 e. The normalized spacial score (nSPS) is 18.2. The van der Waals surface area contributed by atoms with Crippen LogP contribution in [0.4, 0.5) is 5.69 Å². The van der Waals surface area contributed by atoms with Gasteiger partial charge in [0.2, 0.25) is 12.7 Å². The molecule has 1 heterocycles. The lowest BCUT2D eigenvalue weighted by molar-refractivity contribution is -0.308. The number of fused-ring (bicyclic) bond motifs is 1. The van der Waals surface area contributed by atoms with Crippen LogP contribution < -0.4 is 19.9 Å². The number of hydrogen-bond donors (Lipinski definition) is 1. The average molecular weight is 304 g/mol. The second-order valence-corrected chi connectivity index (χ2v) is 6.05. The number of benzene rings is 1. The summed E-state index contributed by atoms with van der Waals surface area (Å²) in [5, 5.41) is 13.8. The summed E-state index contributed by atoms with van der Waals surface area (Å²) in [4.78, 5) is 23.2. The Balaban J connectivity index is 1.65. The Morgan fingerprint density at radius 2 is 1.86 bits per heavy atom. The van der Waals surface area contributed by atoms with Crippen molar-refractivity contribution in [2.75, 3.05) is 12.1 Å². The van der Waals surface area contributed by atoms with Crippen LogP contribution in [0.1, 0.15) is 38.5 Å². The summed E-state index contributed by atoms with van der Waals surface area (Å²) in [7, 11) is 0. The summed E-state index contributed by atoms with van der Waals surface area (Å²) in [6.45, 7) is 0.182. The summed E-state index contributed by atoms with van der Waals surface area (Å²) in [6.07, 6.45) is 3.59. The van der Waals surface area contributed by atoms with E-state index in [-0.39, 0.29) is 25.5 Å². The number of nitrogens with one attached hydrogen (secondary N) is 1. The zero-order valence-corrected chi connectivity index (χ0v) is 12.2. The molecule has 22 heavy (non-hydrogen) atoms. The number of carbonyl (C=O) groups excluding carboxylic acids is 2. The van der Waals surface area contributed by atoms with Crippen LogP contribution in [0.2, 0.25) is 0 Å². The van der Waals surface area contributed by atoms with Gasteiger partial charge in [0.1, 0.15) is 0 Å². The van der Waals surface area contributed by atoms with E-state index in [2.05, 4.69) is 5.32 Å². The van der Waals surface area contributed by atoms with Gasteiger partial charge in [0.15, 0.2) is 11.5 Å². The fraction of sp³-hybridized carbons (Fsp3) is 0.500. The lowest BCUT2D eigenvalue weighted by Crippen LogP contribution is -2.33. The topological polar surface area (TPSA) is 87.7 Å². The number of carboxylic acid groups (broad SMARTS) is 1. The van der Waals surface area contributed by atoms with E-state index in [4.69, 9.17) is 9.47 Å². The first kappa shape index (κ1) is 14.7. The molecule has 0 bridgehead atoms. The van der Waals surface area contributed by atoms with Crippen molar-refractivity contribution >= 4 is 17.6 Å². The minimum Gasteiger partial charge on any atom is -0.550 e. The van der Waals surface area contributed by atoms with E-state index >= 15 is 0 Å². The van der Waals surface area contributed by atoms with E-state index in [1.165, 1.54) is 0 Å². The van der Waals surface area contributed by atoms with Gasteiger partial charge in [0.05, 0.1) is 0 Å². The Morgan fingerprint density at radius 3 is 2.59 bits per heavy atom. The molecule has 2 aliphatic rings. The number of hydrogen-bond acceptors (Lipinski definition) is 5. The van der Waals surface area contributed by atoms with Crippen LogP contribution in [0.15, 0.2) is 18.2 Å². The predicted octanol–water partition coefficient (Wildman–Crippen LogP) is 1.44. The van der Waals surface area contributed by atoms with Gasteiger partial charge in [0, 0.05) is 24.1 Å². The van der Waals surface area contributed by atoms with Crippen LogP contribution in [-0.2, 0) is 9.59 Å². The van der Waals surface area contributed by atoms with Crippen molar-refractivity contribution in [2.24, 2.45) is 5.41 Å². The van der Waals surface area contributed by atoms with Crippen LogP contribution in [0.5, 0.6) is 11.5 Å². The van der Waals surface area contributed by atoms with Crippen LogP contribution >= 0.6 is 0 Å². The third kappa shape index (κ3) is 3.16.